The zero-order chi connectivity index (χ0) is 14.7. The first-order valence-corrected chi connectivity index (χ1v) is 5.55. The van der Waals surface area contributed by atoms with Crippen LogP contribution in [0.2, 0.25) is 0 Å². The number of nitriles is 2. The fraction of sp³-hybridized carbons (Fsp3) is 0.778. The van der Waals surface area contributed by atoms with E-state index in [2.05, 4.69) is 0 Å². The fourth-order valence-electron chi connectivity index (χ4n) is 1.34. The maximum Gasteiger partial charge on any atom is 0.160 e. The van der Waals surface area contributed by atoms with Crippen molar-refractivity contribution in [2.75, 3.05) is 26.2 Å². The molecule has 0 fully saturated rings. The second-order valence-electron chi connectivity index (χ2n) is 3.55. The van der Waals surface area contributed by atoms with Crippen molar-refractivity contribution in [3.8, 4) is 12.1 Å². The maximum absolute atomic E-state index is 10.6. The van der Waals surface area contributed by atoms with E-state index in [9.17, 15) is 20.2 Å². The minimum Gasteiger partial charge on any atom is -0.235 e. The van der Waals surface area contributed by atoms with Gasteiger partial charge in [0.05, 0.1) is 51.2 Å². The summed E-state index contributed by atoms with van der Waals surface area (Å²) in [4.78, 5) is 21.2. The Morgan fingerprint density at radius 2 is 1.21 bits per heavy atom. The highest BCUT2D eigenvalue weighted by Crippen LogP contribution is 1.98. The smallest absolute Gasteiger partial charge is 0.160 e. The first-order chi connectivity index (χ1) is 9.02. The van der Waals surface area contributed by atoms with Crippen molar-refractivity contribution in [1.82, 2.24) is 10.0 Å². The van der Waals surface area contributed by atoms with Crippen molar-refractivity contribution < 1.29 is 10.1 Å². The highest BCUT2D eigenvalue weighted by molar-refractivity contribution is 4.71. The van der Waals surface area contributed by atoms with Gasteiger partial charge in [-0.3, -0.25) is 0 Å². The molecule has 0 rings (SSSR count). The molecule has 0 aromatic rings. The minimum absolute atomic E-state index is 0.0137. The fourth-order valence-corrected chi connectivity index (χ4v) is 1.34. The van der Waals surface area contributed by atoms with Gasteiger partial charge in [-0.2, -0.15) is 10.5 Å². The van der Waals surface area contributed by atoms with Crippen LogP contribution in [0.5, 0.6) is 0 Å². The van der Waals surface area contributed by atoms with Crippen molar-refractivity contribution in [3.05, 3.63) is 20.2 Å². The quantitative estimate of drug-likeness (QED) is 0.404. The Hall–Kier alpha value is -2.62. The van der Waals surface area contributed by atoms with Gasteiger partial charge >= 0.3 is 0 Å². The van der Waals surface area contributed by atoms with E-state index in [1.165, 1.54) is 0 Å². The molecule has 10 heteroatoms. The average Bonchev–Trinajstić information content (AvgIpc) is 2.36. The van der Waals surface area contributed by atoms with Crippen LogP contribution in [0.1, 0.15) is 19.3 Å². The molecule has 104 valence electrons. The van der Waals surface area contributed by atoms with Gasteiger partial charge in [-0.25, -0.2) is 20.2 Å². The number of hydrogen-bond donors (Lipinski definition) is 0. The molecule has 0 saturated heterocycles. The lowest BCUT2D eigenvalue weighted by Crippen LogP contribution is -2.36. The molecule has 0 unspecified atom stereocenters. The van der Waals surface area contributed by atoms with Gasteiger partial charge in [0.2, 0.25) is 0 Å². The van der Waals surface area contributed by atoms with E-state index in [4.69, 9.17) is 10.5 Å². The number of rotatable bonds is 10. The molecule has 0 spiro atoms. The van der Waals surface area contributed by atoms with Gasteiger partial charge < -0.3 is 0 Å². The second kappa shape index (κ2) is 9.41. The Bertz CT molecular complexity index is 351. The van der Waals surface area contributed by atoms with Crippen LogP contribution >= 0.6 is 0 Å². The SMILES string of the molecule is N#CCCN(CCCN(CCC#N)[N+](=O)[O-])[N+](=O)[O-]. The number of hydrazine groups is 2. The summed E-state index contributed by atoms with van der Waals surface area (Å²) in [5, 5.41) is 38.4. The molecule has 0 atom stereocenters. The predicted octanol–water partition coefficient (Wildman–Crippen LogP) is 0.191. The highest BCUT2D eigenvalue weighted by Gasteiger charge is 2.17. The van der Waals surface area contributed by atoms with Crippen LogP contribution in [0, 0.1) is 42.9 Å². The van der Waals surface area contributed by atoms with Gasteiger partial charge in [0.25, 0.3) is 0 Å². The molecule has 0 amide bonds. The Kier molecular flexibility index (Phi) is 8.12. The second-order valence-corrected chi connectivity index (χ2v) is 3.55. The maximum atomic E-state index is 10.6. The van der Waals surface area contributed by atoms with Crippen LogP contribution in [0.15, 0.2) is 0 Å². The molecule has 0 saturated carbocycles. The summed E-state index contributed by atoms with van der Waals surface area (Å²) in [6, 6.07) is 3.60. The van der Waals surface area contributed by atoms with Gasteiger partial charge in [0.1, 0.15) is 0 Å². The normalized spacial score (nSPS) is 9.16. The molecule has 0 heterocycles. The number of hydrogen-bond acceptors (Lipinski definition) is 6. The number of nitro groups is 2. The summed E-state index contributed by atoms with van der Waals surface area (Å²) in [6.07, 6.45) is 0.252. The van der Waals surface area contributed by atoms with Crippen LogP contribution in [-0.4, -0.2) is 46.3 Å². The molecule has 0 aliphatic heterocycles. The summed E-state index contributed by atoms with van der Waals surface area (Å²) in [7, 11) is 0. The van der Waals surface area contributed by atoms with Crippen LogP contribution < -0.4 is 0 Å². The lowest BCUT2D eigenvalue weighted by Gasteiger charge is -2.15. The van der Waals surface area contributed by atoms with Crippen LogP contribution in [0.4, 0.5) is 0 Å². The van der Waals surface area contributed by atoms with Crippen molar-refractivity contribution in [2.45, 2.75) is 19.3 Å². The largest absolute Gasteiger partial charge is 0.235 e. The van der Waals surface area contributed by atoms with E-state index in [0.717, 1.165) is 10.0 Å². The molecule has 0 aromatic heterocycles. The van der Waals surface area contributed by atoms with E-state index >= 15 is 0 Å². The molecule has 0 radical (unpaired) electrons. The minimum atomic E-state index is -0.622. The lowest BCUT2D eigenvalue weighted by atomic mass is 10.3. The molecule has 0 aliphatic rings. The monoisotopic (exact) mass is 270 g/mol. The first kappa shape index (κ1) is 16.4. The first-order valence-electron chi connectivity index (χ1n) is 5.55. The summed E-state index contributed by atoms with van der Waals surface area (Å²) in [5.74, 6) is 0. The van der Waals surface area contributed by atoms with E-state index < -0.39 is 10.1 Å². The third-order valence-corrected chi connectivity index (χ3v) is 2.26. The Labute approximate surface area is 109 Å². The third-order valence-electron chi connectivity index (χ3n) is 2.26. The van der Waals surface area contributed by atoms with Crippen LogP contribution in [0.25, 0.3) is 0 Å². The molecular formula is C9H14N6O4. The van der Waals surface area contributed by atoms with Gasteiger partial charge in [-0.1, -0.05) is 0 Å². The van der Waals surface area contributed by atoms with Gasteiger partial charge in [-0.15, -0.1) is 10.0 Å². The van der Waals surface area contributed by atoms with Crippen molar-refractivity contribution in [3.63, 3.8) is 0 Å². The zero-order valence-electron chi connectivity index (χ0n) is 10.3. The summed E-state index contributed by atoms with van der Waals surface area (Å²) in [5.41, 5.74) is 0. The lowest BCUT2D eigenvalue weighted by molar-refractivity contribution is -0.662. The number of nitrogens with zero attached hydrogens (tertiary/aromatic N) is 6. The van der Waals surface area contributed by atoms with E-state index in [0.29, 0.717) is 0 Å². The van der Waals surface area contributed by atoms with Crippen LogP contribution in [-0.2, 0) is 0 Å². The molecular weight excluding hydrogens is 256 g/mol. The highest BCUT2D eigenvalue weighted by atomic mass is 16.7. The van der Waals surface area contributed by atoms with Crippen molar-refractivity contribution in [2.24, 2.45) is 0 Å². The molecule has 0 N–H and O–H groups in total. The van der Waals surface area contributed by atoms with Crippen LogP contribution in [0.3, 0.4) is 0 Å². The Balaban J connectivity index is 4.14. The Morgan fingerprint density at radius 3 is 1.47 bits per heavy atom. The third kappa shape index (κ3) is 7.33. The van der Waals surface area contributed by atoms with E-state index in [1.807, 2.05) is 0 Å². The molecule has 10 nitrogen and oxygen atoms in total. The van der Waals surface area contributed by atoms with Gasteiger partial charge in [0, 0.05) is 0 Å². The predicted molar refractivity (Wildman–Crippen MR) is 62.2 cm³/mol. The summed E-state index contributed by atoms with van der Waals surface area (Å²) >= 11 is 0. The standard InChI is InChI=1S/C9H14N6O4/c10-4-1-6-12(14(16)17)8-3-9-13(15(18)19)7-2-5-11/h1-3,6-9H2. The molecule has 0 aromatic carbocycles. The topological polar surface area (TPSA) is 140 Å². The molecule has 0 aliphatic carbocycles. The summed E-state index contributed by atoms with van der Waals surface area (Å²) in [6.45, 7) is 0.0114. The van der Waals surface area contributed by atoms with Gasteiger partial charge in [-0.05, 0) is 6.42 Å². The van der Waals surface area contributed by atoms with E-state index in [1.54, 1.807) is 12.1 Å². The average molecular weight is 270 g/mol. The Morgan fingerprint density at radius 1 is 0.842 bits per heavy atom. The van der Waals surface area contributed by atoms with Gasteiger partial charge in [0.15, 0.2) is 10.1 Å². The zero-order valence-corrected chi connectivity index (χ0v) is 10.3. The van der Waals surface area contributed by atoms with E-state index in [-0.39, 0.29) is 45.4 Å². The molecule has 19 heavy (non-hydrogen) atoms. The molecule has 0 bridgehead atoms. The summed E-state index contributed by atoms with van der Waals surface area (Å²) < 4.78 is 0. The van der Waals surface area contributed by atoms with Crippen molar-refractivity contribution >= 4 is 0 Å². The van der Waals surface area contributed by atoms with Crippen molar-refractivity contribution in [1.29, 1.82) is 10.5 Å².